The van der Waals surface area contributed by atoms with E-state index in [0.29, 0.717) is 5.57 Å². The van der Waals surface area contributed by atoms with Crippen molar-refractivity contribution in [3.05, 3.63) is 41.0 Å². The second-order valence-electron chi connectivity index (χ2n) is 5.01. The van der Waals surface area contributed by atoms with Crippen LogP contribution in [0.4, 0.5) is 8.78 Å². The maximum atomic E-state index is 13.0. The average molecular weight is 313 g/mol. The van der Waals surface area contributed by atoms with Crippen LogP contribution in [0.3, 0.4) is 0 Å². The highest BCUT2D eigenvalue weighted by Crippen LogP contribution is 2.15. The molecule has 0 aliphatic heterocycles. The number of carbonyl (C=O) groups is 1. The first-order chi connectivity index (χ1) is 10.3. The van der Waals surface area contributed by atoms with Crippen molar-refractivity contribution in [2.45, 2.75) is 33.3 Å². The largest absolute Gasteiger partial charge is 0.491 e. The van der Waals surface area contributed by atoms with Crippen LogP contribution in [0.25, 0.3) is 0 Å². The van der Waals surface area contributed by atoms with Crippen LogP contribution in [0.5, 0.6) is 5.75 Å². The SMILES string of the molecule is CC/C(C)=C(/C)C(=O)NCC(O)COc1ccc(F)c(F)c1. The van der Waals surface area contributed by atoms with Crippen molar-refractivity contribution < 1.29 is 23.4 Å². The summed E-state index contributed by atoms with van der Waals surface area (Å²) >= 11 is 0. The van der Waals surface area contributed by atoms with Gasteiger partial charge in [0.25, 0.3) is 0 Å². The zero-order chi connectivity index (χ0) is 16.7. The minimum absolute atomic E-state index is 0.0108. The Balaban J connectivity index is 2.42. The molecular weight excluding hydrogens is 292 g/mol. The topological polar surface area (TPSA) is 58.6 Å². The number of rotatable bonds is 7. The minimum atomic E-state index is -1.02. The molecule has 2 N–H and O–H groups in total. The van der Waals surface area contributed by atoms with Crippen LogP contribution in [0.2, 0.25) is 0 Å². The molecule has 0 heterocycles. The lowest BCUT2D eigenvalue weighted by Gasteiger charge is -2.14. The lowest BCUT2D eigenvalue weighted by atomic mass is 10.1. The molecule has 0 spiro atoms. The fourth-order valence-electron chi connectivity index (χ4n) is 1.62. The molecule has 0 aliphatic carbocycles. The first-order valence-electron chi connectivity index (χ1n) is 7.05. The molecule has 0 saturated heterocycles. The van der Waals surface area contributed by atoms with E-state index in [0.717, 1.165) is 24.1 Å². The highest BCUT2D eigenvalue weighted by atomic mass is 19.2. The molecular formula is C16H21F2NO3. The predicted octanol–water partition coefficient (Wildman–Crippen LogP) is 2.57. The Hall–Kier alpha value is -1.95. The van der Waals surface area contributed by atoms with E-state index < -0.39 is 17.7 Å². The summed E-state index contributed by atoms with van der Waals surface area (Å²) in [5.74, 6) is -2.11. The molecule has 0 bridgehead atoms. The summed E-state index contributed by atoms with van der Waals surface area (Å²) in [7, 11) is 0. The zero-order valence-corrected chi connectivity index (χ0v) is 13.0. The van der Waals surface area contributed by atoms with Crippen molar-refractivity contribution >= 4 is 5.91 Å². The lowest BCUT2D eigenvalue weighted by molar-refractivity contribution is -0.118. The molecule has 6 heteroatoms. The standard InChI is InChI=1S/C16H21F2NO3/c1-4-10(2)11(3)16(21)19-8-12(20)9-22-13-5-6-14(17)15(18)7-13/h5-7,12,20H,4,8-9H2,1-3H3,(H,19,21)/b11-10-. The number of aliphatic hydroxyl groups is 1. The summed E-state index contributed by atoms with van der Waals surface area (Å²) < 4.78 is 30.9. The maximum Gasteiger partial charge on any atom is 0.246 e. The van der Waals surface area contributed by atoms with Gasteiger partial charge in [-0.3, -0.25) is 4.79 Å². The first-order valence-corrected chi connectivity index (χ1v) is 7.05. The molecule has 1 unspecified atom stereocenters. The Labute approximate surface area is 128 Å². The number of allylic oxidation sites excluding steroid dienone is 1. The molecule has 0 saturated carbocycles. The number of ether oxygens (including phenoxy) is 1. The summed E-state index contributed by atoms with van der Waals surface area (Å²) in [6.07, 6.45) is -0.173. The summed E-state index contributed by atoms with van der Waals surface area (Å²) in [6.45, 7) is 5.42. The van der Waals surface area contributed by atoms with Gasteiger partial charge in [-0.1, -0.05) is 12.5 Å². The van der Waals surface area contributed by atoms with Crippen LogP contribution in [0, 0.1) is 11.6 Å². The van der Waals surface area contributed by atoms with Crippen LogP contribution < -0.4 is 10.1 Å². The zero-order valence-electron chi connectivity index (χ0n) is 13.0. The highest BCUT2D eigenvalue weighted by Gasteiger charge is 2.11. The molecule has 1 aromatic carbocycles. The van der Waals surface area contributed by atoms with Crippen LogP contribution in [0.15, 0.2) is 29.3 Å². The van der Waals surface area contributed by atoms with Gasteiger partial charge >= 0.3 is 0 Å². The Morgan fingerprint density at radius 3 is 2.59 bits per heavy atom. The van der Waals surface area contributed by atoms with Crippen LogP contribution in [0.1, 0.15) is 27.2 Å². The molecule has 1 rings (SSSR count). The van der Waals surface area contributed by atoms with E-state index in [1.165, 1.54) is 6.07 Å². The Morgan fingerprint density at radius 2 is 2.00 bits per heavy atom. The number of hydrogen-bond acceptors (Lipinski definition) is 3. The van der Waals surface area contributed by atoms with Crippen LogP contribution in [-0.2, 0) is 4.79 Å². The van der Waals surface area contributed by atoms with Crippen LogP contribution >= 0.6 is 0 Å². The summed E-state index contributed by atoms with van der Waals surface area (Å²) in [5.41, 5.74) is 1.60. The molecule has 0 aliphatic rings. The number of amides is 1. The van der Waals surface area contributed by atoms with Gasteiger partial charge in [-0.2, -0.15) is 0 Å². The third-order valence-corrected chi connectivity index (χ3v) is 3.34. The van der Waals surface area contributed by atoms with Gasteiger partial charge in [-0.15, -0.1) is 0 Å². The molecule has 0 radical (unpaired) electrons. The van der Waals surface area contributed by atoms with E-state index in [1.54, 1.807) is 6.92 Å². The first kappa shape index (κ1) is 18.1. The Bertz CT molecular complexity index is 558. The molecule has 22 heavy (non-hydrogen) atoms. The van der Waals surface area contributed by atoms with Crippen molar-refractivity contribution in [2.75, 3.05) is 13.2 Å². The normalized spacial score (nSPS) is 13.4. The Kier molecular flexibility index (Phi) is 6.98. The highest BCUT2D eigenvalue weighted by molar-refractivity contribution is 5.93. The molecule has 1 amide bonds. The molecule has 1 atom stereocenters. The number of carbonyl (C=O) groups excluding carboxylic acids is 1. The third-order valence-electron chi connectivity index (χ3n) is 3.34. The molecule has 0 fully saturated rings. The van der Waals surface area contributed by atoms with Gasteiger partial charge < -0.3 is 15.2 Å². The minimum Gasteiger partial charge on any atom is -0.491 e. The number of nitrogens with one attached hydrogen (secondary N) is 1. The Morgan fingerprint density at radius 1 is 1.32 bits per heavy atom. The van der Waals surface area contributed by atoms with Gasteiger partial charge in [0.05, 0.1) is 0 Å². The van der Waals surface area contributed by atoms with Gasteiger partial charge in [0.1, 0.15) is 18.5 Å². The fourth-order valence-corrected chi connectivity index (χ4v) is 1.62. The van der Waals surface area contributed by atoms with E-state index in [1.807, 2.05) is 13.8 Å². The summed E-state index contributed by atoms with van der Waals surface area (Å²) in [5, 5.41) is 12.3. The maximum absolute atomic E-state index is 13.0. The average Bonchev–Trinajstić information content (AvgIpc) is 2.52. The number of benzene rings is 1. The smallest absolute Gasteiger partial charge is 0.246 e. The van der Waals surface area contributed by atoms with E-state index in [2.05, 4.69) is 5.32 Å². The monoisotopic (exact) mass is 313 g/mol. The quantitative estimate of drug-likeness (QED) is 0.761. The predicted molar refractivity (Wildman–Crippen MR) is 79.5 cm³/mol. The van der Waals surface area contributed by atoms with Crippen molar-refractivity contribution in [2.24, 2.45) is 0 Å². The van der Waals surface area contributed by atoms with E-state index >= 15 is 0 Å². The summed E-state index contributed by atoms with van der Waals surface area (Å²) in [4.78, 5) is 11.8. The third kappa shape index (κ3) is 5.44. The van der Waals surface area contributed by atoms with Crippen molar-refractivity contribution in [3.8, 4) is 5.75 Å². The molecule has 4 nitrogen and oxygen atoms in total. The summed E-state index contributed by atoms with van der Waals surface area (Å²) in [6, 6.07) is 3.11. The van der Waals surface area contributed by atoms with Crippen LogP contribution in [-0.4, -0.2) is 30.3 Å². The number of hydrogen-bond donors (Lipinski definition) is 2. The second kappa shape index (κ2) is 8.48. The fraction of sp³-hybridized carbons (Fsp3) is 0.438. The van der Waals surface area contributed by atoms with Crippen molar-refractivity contribution in [1.82, 2.24) is 5.32 Å². The van der Waals surface area contributed by atoms with Gasteiger partial charge in [0.15, 0.2) is 11.6 Å². The molecule has 1 aromatic rings. The van der Waals surface area contributed by atoms with Gasteiger partial charge in [0.2, 0.25) is 5.91 Å². The van der Waals surface area contributed by atoms with Gasteiger partial charge in [-0.05, 0) is 32.4 Å². The number of aliphatic hydroxyl groups excluding tert-OH is 1. The van der Waals surface area contributed by atoms with E-state index in [4.69, 9.17) is 4.74 Å². The van der Waals surface area contributed by atoms with E-state index in [-0.39, 0.29) is 24.8 Å². The lowest BCUT2D eigenvalue weighted by Crippen LogP contribution is -2.35. The van der Waals surface area contributed by atoms with Gasteiger partial charge in [0, 0.05) is 18.2 Å². The van der Waals surface area contributed by atoms with Crippen molar-refractivity contribution in [1.29, 1.82) is 0 Å². The molecule has 122 valence electrons. The second-order valence-corrected chi connectivity index (χ2v) is 5.01. The van der Waals surface area contributed by atoms with E-state index in [9.17, 15) is 18.7 Å². The number of halogens is 2. The van der Waals surface area contributed by atoms with Gasteiger partial charge in [-0.25, -0.2) is 8.78 Å². The molecule has 0 aromatic heterocycles. The van der Waals surface area contributed by atoms with Crippen molar-refractivity contribution in [3.63, 3.8) is 0 Å².